The monoisotopic (exact) mass is 349 g/mol. The van der Waals surface area contributed by atoms with Crippen LogP contribution in [0.15, 0.2) is 59.2 Å². The van der Waals surface area contributed by atoms with E-state index in [1.54, 1.807) is 30.5 Å². The molecule has 0 aliphatic rings. The van der Waals surface area contributed by atoms with Gasteiger partial charge in [-0.05, 0) is 48.9 Å². The summed E-state index contributed by atoms with van der Waals surface area (Å²) in [5.74, 6) is -0.0691. The molecule has 2 aromatic rings. The zero-order valence-electron chi connectivity index (χ0n) is 10.9. The number of anilines is 1. The minimum atomic E-state index is -0.0691. The first-order valence-electron chi connectivity index (χ1n) is 6.05. The zero-order valence-corrected chi connectivity index (χ0v) is 13.2. The van der Waals surface area contributed by atoms with E-state index in [-0.39, 0.29) is 5.78 Å². The molecule has 0 aliphatic carbocycles. The average molecular weight is 351 g/mol. The lowest BCUT2D eigenvalue weighted by Crippen LogP contribution is -1.96. The molecule has 0 bridgehead atoms. The number of aryl methyl sites for hydroxylation is 1. The highest BCUT2D eigenvalue weighted by molar-refractivity contribution is 9.10. The van der Waals surface area contributed by atoms with E-state index >= 15 is 0 Å². The Balaban J connectivity index is 2.00. The Labute approximate surface area is 131 Å². The van der Waals surface area contributed by atoms with E-state index < -0.39 is 0 Å². The van der Waals surface area contributed by atoms with Crippen molar-refractivity contribution in [1.82, 2.24) is 0 Å². The molecule has 0 atom stereocenters. The van der Waals surface area contributed by atoms with E-state index in [0.717, 1.165) is 15.7 Å². The lowest BCUT2D eigenvalue weighted by atomic mass is 10.1. The van der Waals surface area contributed by atoms with Crippen LogP contribution >= 0.6 is 27.5 Å². The summed E-state index contributed by atoms with van der Waals surface area (Å²) < 4.78 is 1.03. The molecule has 0 aliphatic heterocycles. The third kappa shape index (κ3) is 3.95. The van der Waals surface area contributed by atoms with Crippen LogP contribution in [0.3, 0.4) is 0 Å². The van der Waals surface area contributed by atoms with Crippen molar-refractivity contribution in [3.63, 3.8) is 0 Å². The van der Waals surface area contributed by atoms with Crippen LogP contribution in [0.25, 0.3) is 0 Å². The van der Waals surface area contributed by atoms with E-state index in [9.17, 15) is 4.79 Å². The summed E-state index contributed by atoms with van der Waals surface area (Å²) in [7, 11) is 0. The zero-order chi connectivity index (χ0) is 14.5. The van der Waals surface area contributed by atoms with Crippen LogP contribution in [0.1, 0.15) is 15.9 Å². The van der Waals surface area contributed by atoms with E-state index in [0.29, 0.717) is 10.6 Å². The maximum Gasteiger partial charge on any atom is 0.187 e. The summed E-state index contributed by atoms with van der Waals surface area (Å²) in [6.07, 6.45) is 3.13. The molecule has 0 spiro atoms. The van der Waals surface area contributed by atoms with Crippen LogP contribution in [-0.2, 0) is 0 Å². The van der Waals surface area contributed by atoms with Gasteiger partial charge in [0, 0.05) is 33.0 Å². The highest BCUT2D eigenvalue weighted by Crippen LogP contribution is 2.20. The number of nitrogens with one attached hydrogen (secondary N) is 1. The average Bonchev–Trinajstić information content (AvgIpc) is 2.43. The summed E-state index contributed by atoms with van der Waals surface area (Å²) in [5, 5.41) is 3.69. The first-order chi connectivity index (χ1) is 9.56. The van der Waals surface area contributed by atoms with E-state index in [2.05, 4.69) is 21.2 Å². The quantitative estimate of drug-likeness (QED) is 0.605. The number of hydrogen-bond donors (Lipinski definition) is 1. The van der Waals surface area contributed by atoms with Gasteiger partial charge in [0.1, 0.15) is 0 Å². The lowest BCUT2D eigenvalue weighted by Gasteiger charge is -2.03. The number of halogens is 2. The van der Waals surface area contributed by atoms with Gasteiger partial charge in [-0.3, -0.25) is 4.79 Å². The molecule has 0 amide bonds. The third-order valence-electron chi connectivity index (χ3n) is 2.79. The van der Waals surface area contributed by atoms with Crippen LogP contribution in [0.4, 0.5) is 5.69 Å². The number of allylic oxidation sites excluding steroid dienone is 1. The fourth-order valence-electron chi connectivity index (χ4n) is 1.61. The van der Waals surface area contributed by atoms with Crippen molar-refractivity contribution in [1.29, 1.82) is 0 Å². The minimum Gasteiger partial charge on any atom is -0.362 e. The van der Waals surface area contributed by atoms with E-state index in [4.69, 9.17) is 11.6 Å². The van der Waals surface area contributed by atoms with Gasteiger partial charge >= 0.3 is 0 Å². The topological polar surface area (TPSA) is 29.1 Å². The lowest BCUT2D eigenvalue weighted by molar-refractivity contribution is 0.104. The standard InChI is InChI=1S/C16H13BrClNO/c1-11-2-7-14(10-15(11)17)19-9-8-16(20)12-3-5-13(18)6-4-12/h2-10,19H,1H3/b9-8+. The normalized spacial score (nSPS) is 10.8. The van der Waals surface area contributed by atoms with Gasteiger partial charge in [-0.1, -0.05) is 33.6 Å². The number of ketones is 1. The van der Waals surface area contributed by atoms with Gasteiger partial charge in [-0.15, -0.1) is 0 Å². The molecule has 0 saturated heterocycles. The molecular weight excluding hydrogens is 338 g/mol. The molecule has 0 saturated carbocycles. The predicted octanol–water partition coefficient (Wildman–Crippen LogP) is 5.22. The summed E-state index contributed by atoms with van der Waals surface area (Å²) in [5.41, 5.74) is 2.69. The van der Waals surface area contributed by atoms with Crippen molar-refractivity contribution in [2.24, 2.45) is 0 Å². The van der Waals surface area contributed by atoms with Gasteiger partial charge < -0.3 is 5.32 Å². The van der Waals surface area contributed by atoms with Gasteiger partial charge in [0.15, 0.2) is 5.78 Å². The molecule has 0 radical (unpaired) electrons. The number of rotatable bonds is 4. The Morgan fingerprint density at radius 3 is 2.55 bits per heavy atom. The molecule has 0 heterocycles. The molecule has 2 nitrogen and oxygen atoms in total. The molecule has 20 heavy (non-hydrogen) atoms. The highest BCUT2D eigenvalue weighted by Gasteiger charge is 2.01. The molecule has 102 valence electrons. The molecule has 2 rings (SSSR count). The van der Waals surface area contributed by atoms with Crippen LogP contribution in [0.2, 0.25) is 5.02 Å². The Bertz CT molecular complexity index is 650. The predicted molar refractivity (Wildman–Crippen MR) is 87.4 cm³/mol. The fraction of sp³-hybridized carbons (Fsp3) is 0.0625. The molecular formula is C16H13BrClNO. The largest absolute Gasteiger partial charge is 0.362 e. The van der Waals surface area contributed by atoms with E-state index in [1.807, 2.05) is 25.1 Å². The Kier molecular flexibility index (Phi) is 4.99. The summed E-state index contributed by atoms with van der Waals surface area (Å²) in [4.78, 5) is 11.9. The molecule has 0 unspecified atom stereocenters. The van der Waals surface area contributed by atoms with Gasteiger partial charge in [0.2, 0.25) is 0 Å². The van der Waals surface area contributed by atoms with Gasteiger partial charge in [0.25, 0.3) is 0 Å². The second-order valence-corrected chi connectivity index (χ2v) is 5.60. The van der Waals surface area contributed by atoms with E-state index in [1.165, 1.54) is 6.08 Å². The molecule has 1 N–H and O–H groups in total. The second-order valence-electron chi connectivity index (χ2n) is 4.31. The maximum absolute atomic E-state index is 11.9. The third-order valence-corrected chi connectivity index (χ3v) is 3.89. The van der Waals surface area contributed by atoms with Gasteiger partial charge in [-0.25, -0.2) is 0 Å². The van der Waals surface area contributed by atoms with Crippen LogP contribution in [0.5, 0.6) is 0 Å². The summed E-state index contributed by atoms with van der Waals surface area (Å²) in [6, 6.07) is 12.7. The fourth-order valence-corrected chi connectivity index (χ4v) is 2.11. The molecule has 2 aromatic carbocycles. The number of hydrogen-bond acceptors (Lipinski definition) is 2. The second kappa shape index (κ2) is 6.73. The first-order valence-corrected chi connectivity index (χ1v) is 7.22. The smallest absolute Gasteiger partial charge is 0.187 e. The number of carbonyl (C=O) groups is 1. The Hall–Kier alpha value is -1.58. The van der Waals surface area contributed by atoms with Crippen LogP contribution in [0, 0.1) is 6.92 Å². The summed E-state index contributed by atoms with van der Waals surface area (Å²) >= 11 is 9.25. The number of carbonyl (C=O) groups excluding carboxylic acids is 1. The van der Waals surface area contributed by atoms with Crippen LogP contribution in [-0.4, -0.2) is 5.78 Å². The van der Waals surface area contributed by atoms with Crippen molar-refractivity contribution in [3.05, 3.63) is 75.4 Å². The van der Waals surface area contributed by atoms with Gasteiger partial charge in [0.05, 0.1) is 0 Å². The van der Waals surface area contributed by atoms with Crippen molar-refractivity contribution < 1.29 is 4.79 Å². The molecule has 0 aromatic heterocycles. The van der Waals surface area contributed by atoms with Crippen LogP contribution < -0.4 is 5.32 Å². The maximum atomic E-state index is 11.9. The highest BCUT2D eigenvalue weighted by atomic mass is 79.9. The van der Waals surface area contributed by atoms with Crippen molar-refractivity contribution >= 4 is 39.0 Å². The Morgan fingerprint density at radius 1 is 1.20 bits per heavy atom. The first kappa shape index (κ1) is 14.8. The molecule has 4 heteroatoms. The number of benzene rings is 2. The Morgan fingerprint density at radius 2 is 1.90 bits per heavy atom. The SMILES string of the molecule is Cc1ccc(N/C=C/C(=O)c2ccc(Cl)cc2)cc1Br. The summed E-state index contributed by atoms with van der Waals surface area (Å²) in [6.45, 7) is 2.02. The molecule has 0 fully saturated rings. The van der Waals surface area contributed by atoms with Gasteiger partial charge in [-0.2, -0.15) is 0 Å². The van der Waals surface area contributed by atoms with Crippen molar-refractivity contribution in [2.45, 2.75) is 6.92 Å². The minimum absolute atomic E-state index is 0.0691. The van der Waals surface area contributed by atoms with Crippen molar-refractivity contribution in [2.75, 3.05) is 5.32 Å². The van der Waals surface area contributed by atoms with Crippen molar-refractivity contribution in [3.8, 4) is 0 Å².